The molecule has 1 rings (SSSR count). The number of hydrogen-bond acceptors (Lipinski definition) is 5. The van der Waals surface area contributed by atoms with Crippen LogP contribution in [0.15, 0.2) is 30.4 Å². The van der Waals surface area contributed by atoms with E-state index in [1.54, 1.807) is 18.2 Å². The first-order chi connectivity index (χ1) is 11.1. The summed E-state index contributed by atoms with van der Waals surface area (Å²) in [4.78, 5) is 11.7. The molecule has 0 aliphatic carbocycles. The van der Waals surface area contributed by atoms with Gasteiger partial charge < -0.3 is 14.2 Å². The number of hydrogen-bond donors (Lipinski definition) is 0. The zero-order valence-electron chi connectivity index (χ0n) is 13.1. The monoisotopic (exact) mass is 335 g/mol. The summed E-state index contributed by atoms with van der Waals surface area (Å²) in [6.07, 6.45) is 3.63. The van der Waals surface area contributed by atoms with Crippen LogP contribution in [0, 0.1) is 11.3 Å². The molecule has 0 amide bonds. The summed E-state index contributed by atoms with van der Waals surface area (Å²) in [5.41, 5.74) is 0.384. The van der Waals surface area contributed by atoms with Crippen molar-refractivity contribution in [2.75, 3.05) is 20.3 Å². The van der Waals surface area contributed by atoms with Crippen molar-refractivity contribution in [2.24, 2.45) is 0 Å². The van der Waals surface area contributed by atoms with Crippen LogP contribution in [-0.2, 0) is 9.53 Å². The van der Waals surface area contributed by atoms with Gasteiger partial charge in [-0.2, -0.15) is 5.26 Å². The van der Waals surface area contributed by atoms with Crippen LogP contribution in [0.25, 0.3) is 6.08 Å². The van der Waals surface area contributed by atoms with E-state index in [0.717, 1.165) is 6.42 Å². The Morgan fingerprint density at radius 3 is 2.78 bits per heavy atom. The van der Waals surface area contributed by atoms with E-state index < -0.39 is 5.97 Å². The molecule has 5 nitrogen and oxygen atoms in total. The number of carbonyl (C=O) groups is 1. The SMILES string of the molecule is C=CCOC(=O)/C(C#N)=C\c1cc(Cl)c(OCCC)c(OC)c1. The molecule has 1 aromatic rings. The van der Waals surface area contributed by atoms with Crippen LogP contribution in [0.1, 0.15) is 18.9 Å². The van der Waals surface area contributed by atoms with Gasteiger partial charge in [-0.15, -0.1) is 0 Å². The molecule has 0 bridgehead atoms. The van der Waals surface area contributed by atoms with E-state index in [-0.39, 0.29) is 12.2 Å². The molecule has 23 heavy (non-hydrogen) atoms. The number of rotatable bonds is 8. The van der Waals surface area contributed by atoms with Crippen LogP contribution in [0.4, 0.5) is 0 Å². The number of ether oxygens (including phenoxy) is 3. The van der Waals surface area contributed by atoms with Gasteiger partial charge in [0.25, 0.3) is 0 Å². The minimum atomic E-state index is -0.728. The third-order valence-corrected chi connectivity index (χ3v) is 2.97. The van der Waals surface area contributed by atoms with Crippen molar-refractivity contribution in [3.05, 3.63) is 40.9 Å². The Morgan fingerprint density at radius 2 is 2.22 bits per heavy atom. The highest BCUT2D eigenvalue weighted by atomic mass is 35.5. The molecule has 0 spiro atoms. The molecule has 122 valence electrons. The molecule has 0 unspecified atom stereocenters. The minimum Gasteiger partial charge on any atom is -0.493 e. The summed E-state index contributed by atoms with van der Waals surface area (Å²) in [5, 5.41) is 9.42. The molecule has 0 N–H and O–H groups in total. The summed E-state index contributed by atoms with van der Waals surface area (Å²) < 4.78 is 15.6. The largest absolute Gasteiger partial charge is 0.493 e. The zero-order chi connectivity index (χ0) is 17.2. The van der Waals surface area contributed by atoms with Gasteiger partial charge in [0.15, 0.2) is 11.5 Å². The lowest BCUT2D eigenvalue weighted by Gasteiger charge is -2.12. The zero-order valence-corrected chi connectivity index (χ0v) is 13.9. The molecular weight excluding hydrogens is 318 g/mol. The molecule has 0 saturated carbocycles. The van der Waals surface area contributed by atoms with E-state index in [0.29, 0.717) is 28.7 Å². The highest BCUT2D eigenvalue weighted by molar-refractivity contribution is 6.32. The predicted molar refractivity (Wildman–Crippen MR) is 88.5 cm³/mol. The van der Waals surface area contributed by atoms with Gasteiger partial charge in [-0.25, -0.2) is 4.79 Å². The molecule has 0 aliphatic rings. The maximum atomic E-state index is 11.7. The highest BCUT2D eigenvalue weighted by Crippen LogP contribution is 2.37. The predicted octanol–water partition coefficient (Wildman–Crippen LogP) is 3.77. The average molecular weight is 336 g/mol. The van der Waals surface area contributed by atoms with Crippen molar-refractivity contribution in [1.82, 2.24) is 0 Å². The van der Waals surface area contributed by atoms with Crippen LogP contribution in [0.2, 0.25) is 5.02 Å². The normalized spacial score (nSPS) is 10.6. The Labute approximate surface area is 140 Å². The fraction of sp³-hybridized carbons (Fsp3) is 0.294. The third kappa shape index (κ3) is 5.35. The van der Waals surface area contributed by atoms with Crippen molar-refractivity contribution in [3.63, 3.8) is 0 Å². The number of methoxy groups -OCH3 is 1. The van der Waals surface area contributed by atoms with Crippen LogP contribution >= 0.6 is 11.6 Å². The third-order valence-electron chi connectivity index (χ3n) is 2.69. The maximum Gasteiger partial charge on any atom is 0.349 e. The summed E-state index contributed by atoms with van der Waals surface area (Å²) >= 11 is 6.19. The smallest absolute Gasteiger partial charge is 0.349 e. The van der Waals surface area contributed by atoms with E-state index >= 15 is 0 Å². The van der Waals surface area contributed by atoms with Crippen molar-refractivity contribution in [3.8, 4) is 17.6 Å². The first kappa shape index (κ1) is 18.6. The summed E-state index contributed by atoms with van der Waals surface area (Å²) in [6.45, 7) is 5.96. The van der Waals surface area contributed by atoms with Crippen molar-refractivity contribution in [2.45, 2.75) is 13.3 Å². The standard InChI is InChI=1S/C17H18ClNO4/c1-4-6-22-16-14(18)9-12(10-15(16)21-3)8-13(11-19)17(20)23-7-5-2/h5,8-10H,2,4,6-7H2,1,3H3/b13-8-. The minimum absolute atomic E-state index is 0.0335. The fourth-order valence-corrected chi connectivity index (χ4v) is 1.96. The lowest BCUT2D eigenvalue weighted by Crippen LogP contribution is -2.06. The topological polar surface area (TPSA) is 68.6 Å². The Balaban J connectivity index is 3.15. The Bertz CT molecular complexity index is 647. The van der Waals surface area contributed by atoms with Gasteiger partial charge in [0.2, 0.25) is 0 Å². The van der Waals surface area contributed by atoms with E-state index in [1.165, 1.54) is 19.3 Å². The first-order valence-electron chi connectivity index (χ1n) is 6.97. The molecule has 0 aromatic heterocycles. The molecule has 0 saturated heterocycles. The number of halogens is 1. The molecular formula is C17H18ClNO4. The maximum absolute atomic E-state index is 11.7. The second kappa shape index (κ2) is 9.54. The van der Waals surface area contributed by atoms with Crippen LogP contribution in [0.3, 0.4) is 0 Å². The Morgan fingerprint density at radius 1 is 1.48 bits per heavy atom. The van der Waals surface area contributed by atoms with Gasteiger partial charge in [-0.1, -0.05) is 31.2 Å². The van der Waals surface area contributed by atoms with Gasteiger partial charge >= 0.3 is 5.97 Å². The number of nitrogens with zero attached hydrogens (tertiary/aromatic N) is 1. The molecule has 0 radical (unpaired) electrons. The molecule has 0 aliphatic heterocycles. The van der Waals surface area contributed by atoms with Crippen LogP contribution in [-0.4, -0.2) is 26.3 Å². The average Bonchev–Trinajstić information content (AvgIpc) is 2.55. The van der Waals surface area contributed by atoms with Crippen LogP contribution in [0.5, 0.6) is 11.5 Å². The van der Waals surface area contributed by atoms with E-state index in [1.807, 2.05) is 6.92 Å². The molecule has 6 heteroatoms. The van der Waals surface area contributed by atoms with Crippen molar-refractivity contribution in [1.29, 1.82) is 5.26 Å². The van der Waals surface area contributed by atoms with Gasteiger partial charge in [-0.05, 0) is 30.2 Å². The molecule has 1 aromatic carbocycles. The van der Waals surface area contributed by atoms with E-state index in [9.17, 15) is 4.79 Å². The second-order valence-corrected chi connectivity index (χ2v) is 4.85. The molecule has 0 atom stereocenters. The van der Waals surface area contributed by atoms with Gasteiger partial charge in [-0.3, -0.25) is 0 Å². The lowest BCUT2D eigenvalue weighted by molar-refractivity contribution is -0.137. The number of carbonyl (C=O) groups excluding carboxylic acids is 1. The summed E-state index contributed by atoms with van der Waals surface area (Å²) in [5.74, 6) is 0.128. The lowest BCUT2D eigenvalue weighted by atomic mass is 10.1. The van der Waals surface area contributed by atoms with Crippen LogP contribution < -0.4 is 9.47 Å². The first-order valence-corrected chi connectivity index (χ1v) is 7.35. The quantitative estimate of drug-likeness (QED) is 0.313. The number of benzene rings is 1. The number of esters is 1. The number of nitriles is 1. The van der Waals surface area contributed by atoms with Crippen molar-refractivity contribution >= 4 is 23.6 Å². The summed E-state index contributed by atoms with van der Waals surface area (Å²) in [6, 6.07) is 5.03. The second-order valence-electron chi connectivity index (χ2n) is 4.44. The molecule has 0 fully saturated rings. The van der Waals surface area contributed by atoms with Gasteiger partial charge in [0.1, 0.15) is 18.2 Å². The van der Waals surface area contributed by atoms with E-state index in [2.05, 4.69) is 6.58 Å². The highest BCUT2D eigenvalue weighted by Gasteiger charge is 2.14. The van der Waals surface area contributed by atoms with E-state index in [4.69, 9.17) is 31.1 Å². The Kier molecular flexibility index (Phi) is 7.72. The fourth-order valence-electron chi connectivity index (χ4n) is 1.68. The van der Waals surface area contributed by atoms with Crippen molar-refractivity contribution < 1.29 is 19.0 Å². The Hall–Kier alpha value is -2.45. The van der Waals surface area contributed by atoms with Gasteiger partial charge in [0, 0.05) is 0 Å². The molecule has 0 heterocycles. The van der Waals surface area contributed by atoms with Gasteiger partial charge in [0.05, 0.1) is 18.7 Å². The summed E-state index contributed by atoms with van der Waals surface area (Å²) in [7, 11) is 1.49.